The summed E-state index contributed by atoms with van der Waals surface area (Å²) in [6.45, 7) is 1.61. The van der Waals surface area contributed by atoms with Crippen LogP contribution in [0.3, 0.4) is 0 Å². The molecule has 1 unspecified atom stereocenters. The fourth-order valence-electron chi connectivity index (χ4n) is 1.94. The molecule has 0 heterocycles. The lowest BCUT2D eigenvalue weighted by Gasteiger charge is -2.15. The molecule has 0 aromatic heterocycles. The van der Waals surface area contributed by atoms with Crippen molar-refractivity contribution in [1.82, 2.24) is 0 Å². The quantitative estimate of drug-likeness (QED) is 0.790. The van der Waals surface area contributed by atoms with Crippen molar-refractivity contribution in [2.75, 3.05) is 25.7 Å². The standard InChI is InChI=1S/C14H21ClO5S/c1-4-21(17,18)7-5-6-12(16)10-8-11(15)14(20-3)13(9-10)19-2/h8-9,12,16H,4-7H2,1-3H3. The Bertz CT molecular complexity index is 571. The molecule has 0 saturated carbocycles. The van der Waals surface area contributed by atoms with Gasteiger partial charge in [0.15, 0.2) is 11.5 Å². The largest absolute Gasteiger partial charge is 0.493 e. The molecule has 1 aromatic rings. The first-order valence-corrected chi connectivity index (χ1v) is 8.84. The normalized spacial score (nSPS) is 13.0. The van der Waals surface area contributed by atoms with Crippen LogP contribution in [0.2, 0.25) is 5.02 Å². The molecule has 0 saturated heterocycles. The van der Waals surface area contributed by atoms with Crippen molar-refractivity contribution in [1.29, 1.82) is 0 Å². The van der Waals surface area contributed by atoms with Gasteiger partial charge in [0.05, 0.1) is 31.1 Å². The fourth-order valence-corrected chi connectivity index (χ4v) is 3.13. The molecule has 1 aromatic carbocycles. The maximum Gasteiger partial charge on any atom is 0.179 e. The van der Waals surface area contributed by atoms with E-state index in [4.69, 9.17) is 21.1 Å². The van der Waals surface area contributed by atoms with Crippen LogP contribution in [0.1, 0.15) is 31.4 Å². The van der Waals surface area contributed by atoms with E-state index in [0.717, 1.165) is 0 Å². The lowest BCUT2D eigenvalue weighted by molar-refractivity contribution is 0.166. The summed E-state index contributed by atoms with van der Waals surface area (Å²) in [7, 11) is -0.0450. The van der Waals surface area contributed by atoms with Gasteiger partial charge in [-0.2, -0.15) is 0 Å². The van der Waals surface area contributed by atoms with E-state index in [9.17, 15) is 13.5 Å². The lowest BCUT2D eigenvalue weighted by atomic mass is 10.0. The van der Waals surface area contributed by atoms with Gasteiger partial charge in [-0.25, -0.2) is 8.42 Å². The topological polar surface area (TPSA) is 72.8 Å². The summed E-state index contributed by atoms with van der Waals surface area (Å²) in [4.78, 5) is 0. The van der Waals surface area contributed by atoms with Crippen LogP contribution in [0.5, 0.6) is 11.5 Å². The first-order valence-electron chi connectivity index (χ1n) is 6.64. The summed E-state index contributed by atoms with van der Waals surface area (Å²) in [6, 6.07) is 3.24. The van der Waals surface area contributed by atoms with Crippen LogP contribution in [0.15, 0.2) is 12.1 Å². The Morgan fingerprint density at radius 3 is 2.48 bits per heavy atom. The highest BCUT2D eigenvalue weighted by molar-refractivity contribution is 7.91. The summed E-state index contributed by atoms with van der Waals surface area (Å²) in [5, 5.41) is 10.5. The Morgan fingerprint density at radius 1 is 1.29 bits per heavy atom. The number of sulfone groups is 1. The van der Waals surface area contributed by atoms with Gasteiger partial charge in [-0.15, -0.1) is 0 Å². The minimum atomic E-state index is -3.01. The molecule has 0 amide bonds. The molecule has 1 N–H and O–H groups in total. The predicted molar refractivity (Wildman–Crippen MR) is 83.1 cm³/mol. The zero-order valence-electron chi connectivity index (χ0n) is 12.4. The number of rotatable bonds is 8. The zero-order chi connectivity index (χ0) is 16.0. The molecule has 5 nitrogen and oxygen atoms in total. The van der Waals surface area contributed by atoms with Gasteiger partial charge < -0.3 is 14.6 Å². The van der Waals surface area contributed by atoms with E-state index >= 15 is 0 Å². The number of halogens is 1. The molecular weight excluding hydrogens is 316 g/mol. The number of methoxy groups -OCH3 is 2. The van der Waals surface area contributed by atoms with E-state index in [-0.39, 0.29) is 11.5 Å². The van der Waals surface area contributed by atoms with E-state index in [2.05, 4.69) is 0 Å². The number of hydrogen-bond acceptors (Lipinski definition) is 5. The number of hydrogen-bond donors (Lipinski definition) is 1. The molecule has 7 heteroatoms. The van der Waals surface area contributed by atoms with Crippen molar-refractivity contribution in [3.8, 4) is 11.5 Å². The maximum atomic E-state index is 11.4. The van der Waals surface area contributed by atoms with Crippen LogP contribution < -0.4 is 9.47 Å². The van der Waals surface area contributed by atoms with E-state index in [0.29, 0.717) is 34.9 Å². The molecule has 0 aliphatic rings. The second-order valence-electron chi connectivity index (χ2n) is 4.63. The monoisotopic (exact) mass is 336 g/mol. The van der Waals surface area contributed by atoms with E-state index in [1.165, 1.54) is 14.2 Å². The zero-order valence-corrected chi connectivity index (χ0v) is 14.0. The number of benzene rings is 1. The Balaban J connectivity index is 2.79. The van der Waals surface area contributed by atoms with Gasteiger partial charge in [0.2, 0.25) is 0 Å². The third kappa shape index (κ3) is 5.05. The van der Waals surface area contributed by atoms with E-state index in [1.54, 1.807) is 19.1 Å². The van der Waals surface area contributed by atoms with Gasteiger partial charge in [-0.05, 0) is 30.5 Å². The lowest BCUT2D eigenvalue weighted by Crippen LogP contribution is -2.10. The minimum absolute atomic E-state index is 0.0710. The van der Waals surface area contributed by atoms with Crippen LogP contribution in [-0.2, 0) is 9.84 Å². The van der Waals surface area contributed by atoms with Crippen molar-refractivity contribution in [2.45, 2.75) is 25.9 Å². The summed E-state index contributed by atoms with van der Waals surface area (Å²) in [5.41, 5.74) is 0.576. The van der Waals surface area contributed by atoms with Crippen LogP contribution >= 0.6 is 11.6 Å². The molecule has 1 rings (SSSR count). The summed E-state index contributed by atoms with van der Waals surface area (Å²) in [5.74, 6) is 1.02. The van der Waals surface area contributed by atoms with E-state index < -0.39 is 15.9 Å². The average Bonchev–Trinajstić information content (AvgIpc) is 2.45. The highest BCUT2D eigenvalue weighted by atomic mass is 35.5. The van der Waals surface area contributed by atoms with Crippen molar-refractivity contribution in [3.05, 3.63) is 22.7 Å². The first-order chi connectivity index (χ1) is 9.84. The van der Waals surface area contributed by atoms with Gasteiger partial charge in [0.25, 0.3) is 0 Å². The van der Waals surface area contributed by atoms with Crippen molar-refractivity contribution >= 4 is 21.4 Å². The fraction of sp³-hybridized carbons (Fsp3) is 0.571. The third-order valence-corrected chi connectivity index (χ3v) is 5.28. The number of aliphatic hydroxyl groups excluding tert-OH is 1. The summed E-state index contributed by atoms with van der Waals surface area (Å²) >= 11 is 6.07. The van der Waals surface area contributed by atoms with Crippen molar-refractivity contribution < 1.29 is 23.0 Å². The van der Waals surface area contributed by atoms with Crippen LogP contribution in [0, 0.1) is 0 Å². The second kappa shape index (κ2) is 7.87. The SMILES string of the molecule is CCS(=O)(=O)CCCC(O)c1cc(Cl)c(OC)c(OC)c1. The molecule has 120 valence electrons. The number of ether oxygens (including phenoxy) is 2. The molecular formula is C14H21ClO5S. The van der Waals surface area contributed by atoms with Crippen LogP contribution in [0.4, 0.5) is 0 Å². The highest BCUT2D eigenvalue weighted by Gasteiger charge is 2.16. The minimum Gasteiger partial charge on any atom is -0.493 e. The van der Waals surface area contributed by atoms with Crippen LogP contribution in [0.25, 0.3) is 0 Å². The molecule has 1 atom stereocenters. The van der Waals surface area contributed by atoms with Crippen molar-refractivity contribution in [2.24, 2.45) is 0 Å². The number of aliphatic hydroxyl groups is 1. The van der Waals surface area contributed by atoms with Crippen molar-refractivity contribution in [3.63, 3.8) is 0 Å². The molecule has 0 fully saturated rings. The third-order valence-electron chi connectivity index (χ3n) is 3.21. The molecule has 0 radical (unpaired) electrons. The van der Waals surface area contributed by atoms with Gasteiger partial charge in [0.1, 0.15) is 9.84 Å². The smallest absolute Gasteiger partial charge is 0.179 e. The molecule has 0 aliphatic carbocycles. The Morgan fingerprint density at radius 2 is 1.95 bits per heavy atom. The van der Waals surface area contributed by atoms with Crippen LogP contribution in [-0.4, -0.2) is 39.2 Å². The first kappa shape index (κ1) is 18.1. The predicted octanol–water partition coefficient (Wildman–Crippen LogP) is 2.61. The Kier molecular flexibility index (Phi) is 6.77. The molecule has 0 spiro atoms. The maximum absolute atomic E-state index is 11.4. The van der Waals surface area contributed by atoms with E-state index in [1.807, 2.05) is 0 Å². The van der Waals surface area contributed by atoms with Gasteiger partial charge in [-0.3, -0.25) is 0 Å². The molecule has 21 heavy (non-hydrogen) atoms. The van der Waals surface area contributed by atoms with Gasteiger partial charge >= 0.3 is 0 Å². The Hall–Kier alpha value is -0.980. The summed E-state index contributed by atoms with van der Waals surface area (Å²) < 4.78 is 33.1. The molecule has 0 bridgehead atoms. The highest BCUT2D eigenvalue weighted by Crippen LogP contribution is 2.38. The Labute approximate surface area is 130 Å². The molecule has 0 aliphatic heterocycles. The summed E-state index contributed by atoms with van der Waals surface area (Å²) in [6.07, 6.45) is -0.0664. The second-order valence-corrected chi connectivity index (χ2v) is 7.51. The van der Waals surface area contributed by atoms with Gasteiger partial charge in [0, 0.05) is 5.75 Å². The average molecular weight is 337 g/mol. The van der Waals surface area contributed by atoms with Gasteiger partial charge in [-0.1, -0.05) is 18.5 Å².